The Kier molecular flexibility index (Phi) is 4.93. The van der Waals surface area contributed by atoms with E-state index in [9.17, 15) is 24.3 Å². The number of carbonyl (C=O) groups excluding carboxylic acids is 3. The summed E-state index contributed by atoms with van der Waals surface area (Å²) < 4.78 is -0.809. The molecule has 0 radical (unpaired) electrons. The highest BCUT2D eigenvalue weighted by atomic mass is 32.2. The molecule has 0 saturated carbocycles. The summed E-state index contributed by atoms with van der Waals surface area (Å²) >= 11 is 1.22. The van der Waals surface area contributed by atoms with Crippen LogP contribution in [0.15, 0.2) is 54.6 Å². The number of carboxylic acids is 1. The average Bonchev–Trinajstić information content (AvgIpc) is 3.00. The molecule has 2 fully saturated rings. The highest BCUT2D eigenvalue weighted by molar-refractivity contribution is 8.01. The van der Waals surface area contributed by atoms with Crippen LogP contribution in [0.3, 0.4) is 0 Å². The highest BCUT2D eigenvalue weighted by Gasteiger charge is 2.74. The first-order chi connectivity index (χ1) is 14.6. The maximum atomic E-state index is 13.3. The molecule has 7 nitrogen and oxygen atoms in total. The van der Waals surface area contributed by atoms with Gasteiger partial charge in [-0.3, -0.25) is 14.4 Å². The lowest BCUT2D eigenvalue weighted by Crippen LogP contribution is -2.82. The van der Waals surface area contributed by atoms with E-state index < -0.39 is 45.3 Å². The van der Waals surface area contributed by atoms with Crippen LogP contribution in [-0.4, -0.2) is 55.3 Å². The number of fused-ring (bicyclic) bond motifs is 1. The van der Waals surface area contributed by atoms with Gasteiger partial charge in [-0.2, -0.15) is 0 Å². The molecule has 0 bridgehead atoms. The second kappa shape index (κ2) is 7.23. The van der Waals surface area contributed by atoms with Crippen LogP contribution in [0.4, 0.5) is 0 Å². The lowest BCUT2D eigenvalue weighted by molar-refractivity contribution is -0.170. The smallest absolute Gasteiger partial charge is 0.327 e. The number of thioether (sulfide) groups is 1. The van der Waals surface area contributed by atoms with Crippen molar-refractivity contribution < 1.29 is 24.3 Å². The third-order valence-corrected chi connectivity index (χ3v) is 7.54. The molecule has 3 atom stereocenters. The minimum Gasteiger partial charge on any atom is -0.480 e. The Balaban J connectivity index is 1.71. The molecule has 0 spiro atoms. The van der Waals surface area contributed by atoms with Gasteiger partial charge in [0.2, 0.25) is 5.54 Å². The Labute approximate surface area is 183 Å². The summed E-state index contributed by atoms with van der Waals surface area (Å²) in [6.07, 6.45) is 0. The summed E-state index contributed by atoms with van der Waals surface area (Å²) in [7, 11) is 0. The van der Waals surface area contributed by atoms with E-state index in [0.717, 1.165) is 5.56 Å². The largest absolute Gasteiger partial charge is 0.480 e. The van der Waals surface area contributed by atoms with Crippen molar-refractivity contribution in [1.29, 1.82) is 0 Å². The van der Waals surface area contributed by atoms with Crippen molar-refractivity contribution in [1.82, 2.24) is 10.2 Å². The third-order valence-electron chi connectivity index (χ3n) is 5.90. The van der Waals surface area contributed by atoms with E-state index in [0.29, 0.717) is 11.1 Å². The molecule has 2 heterocycles. The van der Waals surface area contributed by atoms with Crippen LogP contribution >= 0.6 is 11.8 Å². The highest BCUT2D eigenvalue weighted by Crippen LogP contribution is 2.55. The van der Waals surface area contributed by atoms with Crippen LogP contribution in [0.2, 0.25) is 0 Å². The maximum Gasteiger partial charge on any atom is 0.327 e. The second-order valence-corrected chi connectivity index (χ2v) is 9.99. The minimum atomic E-state index is -1.78. The monoisotopic (exact) mass is 438 g/mol. The van der Waals surface area contributed by atoms with E-state index in [4.69, 9.17) is 0 Å². The van der Waals surface area contributed by atoms with Crippen LogP contribution in [-0.2, 0) is 14.4 Å². The quantitative estimate of drug-likeness (QED) is 0.549. The molecule has 0 aliphatic carbocycles. The minimum absolute atomic E-state index is 0.331. The molecule has 31 heavy (non-hydrogen) atoms. The van der Waals surface area contributed by atoms with E-state index >= 15 is 0 Å². The van der Waals surface area contributed by atoms with Crippen LogP contribution in [0.25, 0.3) is 11.1 Å². The van der Waals surface area contributed by atoms with Gasteiger partial charge in [0.25, 0.3) is 11.8 Å². The van der Waals surface area contributed by atoms with Crippen LogP contribution in [0, 0.1) is 0 Å². The Hall–Kier alpha value is -3.13. The SMILES string of the molecule is CC(=O)[C@]1(NC(=O)c2ccccc2-c2ccccc2)C(=O)N2[C@@H](C(=O)O)C(C)(C)S[C@@H]21. The van der Waals surface area contributed by atoms with Gasteiger partial charge in [0.05, 0.1) is 0 Å². The zero-order chi connectivity index (χ0) is 22.6. The zero-order valence-corrected chi connectivity index (χ0v) is 18.1. The number of carbonyl (C=O) groups is 4. The van der Waals surface area contributed by atoms with E-state index in [-0.39, 0.29) is 0 Å². The van der Waals surface area contributed by atoms with E-state index in [1.165, 1.54) is 23.6 Å². The van der Waals surface area contributed by atoms with Gasteiger partial charge < -0.3 is 15.3 Å². The molecule has 4 rings (SSSR count). The lowest BCUT2D eigenvalue weighted by Gasteiger charge is -2.51. The molecule has 0 unspecified atom stereocenters. The molecule has 2 N–H and O–H groups in total. The van der Waals surface area contributed by atoms with Crippen molar-refractivity contribution in [2.24, 2.45) is 0 Å². The fourth-order valence-corrected chi connectivity index (χ4v) is 6.14. The molecule has 2 saturated heterocycles. The van der Waals surface area contributed by atoms with Gasteiger partial charge in [-0.1, -0.05) is 48.5 Å². The predicted molar refractivity (Wildman–Crippen MR) is 116 cm³/mol. The van der Waals surface area contributed by atoms with Crippen molar-refractivity contribution in [3.8, 4) is 11.1 Å². The molecular weight excluding hydrogens is 416 g/mol. The molecule has 2 aromatic carbocycles. The number of β-lactam (4-membered cyclic amide) rings is 1. The van der Waals surface area contributed by atoms with E-state index in [1.54, 1.807) is 32.0 Å². The summed E-state index contributed by atoms with van der Waals surface area (Å²) in [5, 5.41) is 11.5. The number of carboxylic acid groups (broad SMARTS) is 1. The van der Waals surface area contributed by atoms with Gasteiger partial charge >= 0.3 is 5.97 Å². The molecule has 2 aromatic rings. The number of amides is 2. The topological polar surface area (TPSA) is 104 Å². The zero-order valence-electron chi connectivity index (χ0n) is 17.3. The molecular formula is C23H22N2O5S. The molecule has 2 aliphatic rings. The van der Waals surface area contributed by atoms with Crippen LogP contribution in [0.5, 0.6) is 0 Å². The Bertz CT molecular complexity index is 1100. The third kappa shape index (κ3) is 3.05. The summed E-state index contributed by atoms with van der Waals surface area (Å²) in [4.78, 5) is 52.1. The maximum absolute atomic E-state index is 13.3. The van der Waals surface area contributed by atoms with Gasteiger partial charge in [0, 0.05) is 10.3 Å². The predicted octanol–water partition coefficient (Wildman–Crippen LogP) is 2.56. The molecule has 8 heteroatoms. The van der Waals surface area contributed by atoms with Gasteiger partial charge in [0.1, 0.15) is 11.4 Å². The van der Waals surface area contributed by atoms with Crippen LogP contribution < -0.4 is 5.32 Å². The summed E-state index contributed by atoms with van der Waals surface area (Å²) in [6.45, 7) is 4.69. The first-order valence-corrected chi connectivity index (χ1v) is 10.7. The fourth-order valence-electron chi connectivity index (χ4n) is 4.38. The normalized spacial score (nSPS) is 26.0. The molecule has 2 aliphatic heterocycles. The molecule has 2 amide bonds. The lowest BCUT2D eigenvalue weighted by atomic mass is 9.81. The van der Waals surface area contributed by atoms with Crippen molar-refractivity contribution >= 4 is 35.3 Å². The molecule has 160 valence electrons. The van der Waals surface area contributed by atoms with E-state index in [2.05, 4.69) is 5.32 Å². The Morgan fingerprint density at radius 3 is 2.26 bits per heavy atom. The van der Waals surface area contributed by atoms with E-state index in [1.807, 2.05) is 36.4 Å². The summed E-state index contributed by atoms with van der Waals surface area (Å²) in [6, 6.07) is 15.2. The number of Topliss-reactive ketones (excluding diaryl/α,β-unsaturated/α-hetero) is 1. The number of nitrogens with zero attached hydrogens (tertiary/aromatic N) is 1. The Morgan fingerprint density at radius 2 is 1.65 bits per heavy atom. The van der Waals surface area contributed by atoms with Gasteiger partial charge in [-0.15, -0.1) is 11.8 Å². The first kappa shape index (κ1) is 21.1. The number of aliphatic carboxylic acids is 1. The number of benzene rings is 2. The average molecular weight is 439 g/mol. The number of ketones is 1. The number of rotatable bonds is 5. The standard InChI is InChI=1S/C23H22N2O5S/c1-13(26)23(20(30)25-17(19(28)29)22(2,3)31-21(23)25)24-18(27)16-12-8-7-11-15(16)14-9-5-4-6-10-14/h4-12,17,21H,1-3H3,(H,24,27)(H,28,29)/t17-,21+,23-/m0/s1. The van der Waals surface area contributed by atoms with Crippen molar-refractivity contribution in [2.45, 2.75) is 42.5 Å². The van der Waals surface area contributed by atoms with Gasteiger partial charge in [-0.25, -0.2) is 4.79 Å². The first-order valence-electron chi connectivity index (χ1n) is 9.82. The summed E-state index contributed by atoms with van der Waals surface area (Å²) in [5.74, 6) is -2.88. The summed E-state index contributed by atoms with van der Waals surface area (Å²) in [5.41, 5.74) is 0.0462. The van der Waals surface area contributed by atoms with Gasteiger partial charge in [-0.05, 0) is 38.0 Å². The number of hydrogen-bond acceptors (Lipinski definition) is 5. The van der Waals surface area contributed by atoms with Crippen LogP contribution in [0.1, 0.15) is 31.1 Å². The fraction of sp³-hybridized carbons (Fsp3) is 0.304. The second-order valence-electron chi connectivity index (χ2n) is 8.26. The van der Waals surface area contributed by atoms with Crippen molar-refractivity contribution in [2.75, 3.05) is 0 Å². The Morgan fingerprint density at radius 1 is 1.03 bits per heavy atom. The van der Waals surface area contributed by atoms with Gasteiger partial charge in [0.15, 0.2) is 5.78 Å². The molecule has 0 aromatic heterocycles. The number of hydrogen-bond donors (Lipinski definition) is 2. The number of nitrogens with one attached hydrogen (secondary N) is 1. The van der Waals surface area contributed by atoms with Crippen molar-refractivity contribution in [3.05, 3.63) is 60.2 Å². The van der Waals surface area contributed by atoms with Crippen molar-refractivity contribution in [3.63, 3.8) is 0 Å².